The first-order chi connectivity index (χ1) is 23.1. The van der Waals surface area contributed by atoms with E-state index >= 15 is 0 Å². The molecule has 1 rings (SSSR count). The van der Waals surface area contributed by atoms with E-state index in [0.717, 1.165) is 0 Å². The van der Waals surface area contributed by atoms with Gasteiger partial charge in [0.1, 0.15) is 0 Å². The predicted molar refractivity (Wildman–Crippen MR) is 186 cm³/mol. The molecule has 1 saturated heterocycles. The first-order valence-corrected chi connectivity index (χ1v) is 24.6. The van der Waals surface area contributed by atoms with E-state index in [1.807, 2.05) is 0 Å². The Morgan fingerprint density at radius 2 is 0.600 bits per heavy atom. The minimum atomic E-state index is -4.16. The molecule has 20 nitrogen and oxygen atoms in total. The van der Waals surface area contributed by atoms with Crippen LogP contribution in [-0.2, 0) is 54.8 Å². The molecule has 8 amide bonds. The number of carbonyl (C=O) groups excluding carboxylic acids is 8. The molecule has 0 aliphatic carbocycles. The van der Waals surface area contributed by atoms with Gasteiger partial charge in [-0.25, -0.2) is 0 Å². The Bertz CT molecular complexity index is 1190. The Morgan fingerprint density at radius 1 is 0.380 bits per heavy atom. The summed E-state index contributed by atoms with van der Waals surface area (Å²) in [6, 6.07) is 0. The molecular formula is C26H52N8O12Si4. The lowest BCUT2D eigenvalue weighted by Gasteiger charge is -2.54. The number of rotatable bonds is 17. The van der Waals surface area contributed by atoms with E-state index in [1.54, 1.807) is 6.92 Å². The maximum Gasteiger partial charge on any atom is 0.360 e. The highest BCUT2D eigenvalue weighted by atomic mass is 28.5. The average molecular weight is 781 g/mol. The quantitative estimate of drug-likeness (QED) is 0.0659. The molecule has 0 saturated carbocycles. The van der Waals surface area contributed by atoms with Crippen molar-refractivity contribution in [3.05, 3.63) is 0 Å². The van der Waals surface area contributed by atoms with E-state index in [9.17, 15) is 38.4 Å². The van der Waals surface area contributed by atoms with Crippen LogP contribution in [-0.4, -0.2) is 131 Å². The standard InChI is InChI=1S/C26H52N8O12Si4/c1-18(10-27-19(2)35)50(17-34-26(9)42)45-48(13-30-22(5)38,14-31-23(6)39)43-47(11-28-20(3)36,12-29-21(4)37)44-49(46-50,15-32-24(7)40)16-33-25(8)41/h18H,10-17H2,1-9H3,(H,27,35)(H,28,36)(H,29,37)(H,30,38)(H,31,39)(H,32,40)(H,33,41)(H,34,42). The normalized spacial score (nSPS) is 17.6. The van der Waals surface area contributed by atoms with Crippen LogP contribution in [0.1, 0.15) is 62.3 Å². The average Bonchev–Trinajstić information content (AvgIpc) is 2.99. The van der Waals surface area contributed by atoms with Gasteiger partial charge in [-0.05, 0) is 0 Å². The minimum absolute atomic E-state index is 0.0308. The molecule has 0 aromatic carbocycles. The maximum absolute atomic E-state index is 12.4. The molecule has 1 heterocycles. The predicted octanol–water partition coefficient (Wildman–Crippen LogP) is -3.91. The van der Waals surface area contributed by atoms with Crippen LogP contribution < -0.4 is 42.5 Å². The van der Waals surface area contributed by atoms with Crippen LogP contribution >= 0.6 is 0 Å². The van der Waals surface area contributed by atoms with Gasteiger partial charge >= 0.3 is 34.2 Å². The summed E-state index contributed by atoms with van der Waals surface area (Å²) >= 11 is 0. The lowest BCUT2D eigenvalue weighted by molar-refractivity contribution is -0.120. The number of hydrogen-bond donors (Lipinski definition) is 8. The highest BCUT2D eigenvalue weighted by Crippen LogP contribution is 2.36. The third-order valence-electron chi connectivity index (χ3n) is 7.09. The molecule has 50 heavy (non-hydrogen) atoms. The van der Waals surface area contributed by atoms with Gasteiger partial charge in [-0.15, -0.1) is 0 Å². The van der Waals surface area contributed by atoms with Gasteiger partial charge in [-0.3, -0.25) is 38.4 Å². The second-order valence-corrected chi connectivity index (χ2v) is 26.0. The Kier molecular flexibility index (Phi) is 17.6. The summed E-state index contributed by atoms with van der Waals surface area (Å²) in [7, 11) is -16.6. The van der Waals surface area contributed by atoms with Crippen LogP contribution in [0.5, 0.6) is 0 Å². The largest absolute Gasteiger partial charge is 0.412 e. The molecule has 0 radical (unpaired) electrons. The molecular weight excluding hydrogens is 729 g/mol. The Balaban J connectivity index is 4.40. The summed E-state index contributed by atoms with van der Waals surface area (Å²) in [5, 5.41) is 21.7. The van der Waals surface area contributed by atoms with Gasteiger partial charge in [0, 0.05) is 67.5 Å². The Hall–Kier alpha value is -3.53. The molecule has 1 atom stereocenters. The topological polar surface area (TPSA) is 270 Å². The third kappa shape index (κ3) is 15.6. The molecule has 1 fully saturated rings. The summed E-state index contributed by atoms with van der Waals surface area (Å²) in [5.74, 6) is -3.73. The van der Waals surface area contributed by atoms with E-state index in [0.29, 0.717) is 0 Å². The molecule has 1 unspecified atom stereocenters. The summed E-state index contributed by atoms with van der Waals surface area (Å²) in [6.07, 6.45) is -2.04. The smallest absolute Gasteiger partial charge is 0.360 e. The van der Waals surface area contributed by atoms with E-state index in [2.05, 4.69) is 42.5 Å². The van der Waals surface area contributed by atoms with Crippen molar-refractivity contribution < 1.29 is 54.8 Å². The lowest BCUT2D eigenvalue weighted by atomic mass is 10.4. The van der Waals surface area contributed by atoms with Crippen LogP contribution in [0.25, 0.3) is 0 Å². The van der Waals surface area contributed by atoms with Gasteiger partial charge < -0.3 is 59.0 Å². The first kappa shape index (κ1) is 44.5. The third-order valence-corrected chi connectivity index (χ3v) is 25.5. The van der Waals surface area contributed by atoms with Crippen molar-refractivity contribution in [1.82, 2.24) is 42.5 Å². The van der Waals surface area contributed by atoms with Gasteiger partial charge in [0.2, 0.25) is 47.3 Å². The fourth-order valence-corrected chi connectivity index (χ4v) is 27.7. The molecule has 0 aromatic heterocycles. The van der Waals surface area contributed by atoms with Crippen molar-refractivity contribution in [1.29, 1.82) is 0 Å². The SMILES string of the molecule is CC(=O)NCC(C)[Si]1(CNC(C)=O)O[Si](CNC(C)=O)(CNC(C)=O)O[Si](CNC(C)=O)(CNC(C)=O)O[Si](CNC(C)=O)(CNC(C)=O)O1. The molecule has 1 aliphatic heterocycles. The zero-order valence-corrected chi connectivity index (χ0v) is 34.1. The molecule has 284 valence electrons. The first-order valence-electron chi connectivity index (χ1n) is 15.8. The summed E-state index contributed by atoms with van der Waals surface area (Å²) < 4.78 is 28.3. The van der Waals surface area contributed by atoms with Gasteiger partial charge in [0.25, 0.3) is 0 Å². The van der Waals surface area contributed by atoms with Crippen molar-refractivity contribution in [2.75, 3.05) is 49.7 Å². The molecule has 0 aromatic rings. The highest BCUT2D eigenvalue weighted by Gasteiger charge is 2.65. The van der Waals surface area contributed by atoms with Gasteiger partial charge in [-0.1, -0.05) is 6.92 Å². The van der Waals surface area contributed by atoms with E-state index in [-0.39, 0.29) is 55.6 Å². The van der Waals surface area contributed by atoms with E-state index < -0.39 is 81.1 Å². The Labute approximate surface area is 296 Å². The second kappa shape index (κ2) is 19.8. The van der Waals surface area contributed by atoms with Crippen molar-refractivity contribution in [2.45, 2.75) is 67.9 Å². The summed E-state index contributed by atoms with van der Waals surface area (Å²) in [5.41, 5.74) is -0.714. The molecule has 0 spiro atoms. The van der Waals surface area contributed by atoms with Gasteiger partial charge in [0.05, 0.1) is 43.2 Å². The zero-order valence-electron chi connectivity index (χ0n) is 30.1. The number of hydrogen-bond acceptors (Lipinski definition) is 12. The van der Waals surface area contributed by atoms with Crippen molar-refractivity contribution in [3.8, 4) is 0 Å². The minimum Gasteiger partial charge on any atom is -0.412 e. The number of carbonyl (C=O) groups is 8. The van der Waals surface area contributed by atoms with Gasteiger partial charge in [-0.2, -0.15) is 0 Å². The van der Waals surface area contributed by atoms with Crippen molar-refractivity contribution >= 4 is 81.5 Å². The lowest BCUT2D eigenvalue weighted by Crippen LogP contribution is -2.82. The molecule has 8 N–H and O–H groups in total. The maximum atomic E-state index is 12.4. The monoisotopic (exact) mass is 780 g/mol. The summed E-state index contributed by atoms with van der Waals surface area (Å²) in [6.45, 7) is 11.8. The van der Waals surface area contributed by atoms with E-state index in [1.165, 1.54) is 55.4 Å². The highest BCUT2D eigenvalue weighted by molar-refractivity contribution is 6.96. The van der Waals surface area contributed by atoms with E-state index in [4.69, 9.17) is 16.5 Å². The Morgan fingerprint density at radius 3 is 0.840 bits per heavy atom. The summed E-state index contributed by atoms with van der Waals surface area (Å²) in [4.78, 5) is 98.8. The molecule has 0 bridgehead atoms. The van der Waals surface area contributed by atoms with Crippen LogP contribution in [0.2, 0.25) is 5.54 Å². The second-order valence-electron chi connectivity index (χ2n) is 12.2. The van der Waals surface area contributed by atoms with Crippen LogP contribution in [0.15, 0.2) is 0 Å². The van der Waals surface area contributed by atoms with Crippen molar-refractivity contribution in [2.24, 2.45) is 0 Å². The molecule has 1 aliphatic rings. The van der Waals surface area contributed by atoms with Crippen LogP contribution in [0.4, 0.5) is 0 Å². The fourth-order valence-electron chi connectivity index (χ4n) is 4.71. The number of amides is 8. The molecule has 24 heteroatoms. The van der Waals surface area contributed by atoms with Gasteiger partial charge in [0.15, 0.2) is 0 Å². The van der Waals surface area contributed by atoms with Crippen LogP contribution in [0, 0.1) is 0 Å². The zero-order chi connectivity index (χ0) is 38.3. The fraction of sp³-hybridized carbons (Fsp3) is 0.692. The van der Waals surface area contributed by atoms with Crippen LogP contribution in [0.3, 0.4) is 0 Å². The van der Waals surface area contributed by atoms with Crippen molar-refractivity contribution in [3.63, 3.8) is 0 Å². The number of nitrogens with one attached hydrogen (secondary N) is 8.